The highest BCUT2D eigenvalue weighted by Crippen LogP contribution is 2.27. The largest absolute Gasteiger partial charge is 0.476 e. The van der Waals surface area contributed by atoms with Crippen LogP contribution in [-0.2, 0) is 14.8 Å². The molecule has 1 aromatic carbocycles. The highest BCUT2D eigenvalue weighted by atomic mass is 32.2. The van der Waals surface area contributed by atoms with Crippen molar-refractivity contribution in [3.05, 3.63) is 72.2 Å². The van der Waals surface area contributed by atoms with Crippen molar-refractivity contribution in [3.8, 4) is 23.4 Å². The van der Waals surface area contributed by atoms with E-state index in [0.717, 1.165) is 30.5 Å². The number of aromatic nitrogens is 3. The molecule has 11 nitrogen and oxygen atoms in total. The number of para-hydroxylation sites is 1. The number of H-pyrrole nitrogens is 1. The van der Waals surface area contributed by atoms with Crippen LogP contribution >= 0.6 is 0 Å². The van der Waals surface area contributed by atoms with E-state index in [2.05, 4.69) is 15.0 Å². The van der Waals surface area contributed by atoms with Gasteiger partial charge in [-0.15, -0.1) is 0 Å². The molecule has 1 aliphatic heterocycles. The van der Waals surface area contributed by atoms with Crippen LogP contribution in [-0.4, -0.2) is 49.1 Å². The minimum absolute atomic E-state index is 0.00452. The standard InChI is InChI=1S/C26H23N5O6S/c27-13-19-12-21(15-30-26(19)36-16-17-6-9-35-10-7-17)38(33,34)31-25(32)22-3-1-2-4-23(22)37-20-11-18-5-8-28-24(18)29-14-20/h1-5,8,11-12,14-15,17H,6-7,9-10,16H2,(H,28,29)(H,31,32). The molecule has 194 valence electrons. The molecule has 1 amide bonds. The van der Waals surface area contributed by atoms with Crippen molar-refractivity contribution in [1.29, 1.82) is 5.26 Å². The van der Waals surface area contributed by atoms with Crippen LogP contribution in [0.25, 0.3) is 11.0 Å². The number of amides is 1. The second-order valence-electron chi connectivity index (χ2n) is 8.62. The van der Waals surface area contributed by atoms with Crippen molar-refractivity contribution in [2.45, 2.75) is 17.7 Å². The Labute approximate surface area is 218 Å². The van der Waals surface area contributed by atoms with E-state index in [1.807, 2.05) is 16.9 Å². The van der Waals surface area contributed by atoms with Crippen LogP contribution in [0.3, 0.4) is 0 Å². The molecule has 0 bridgehead atoms. The van der Waals surface area contributed by atoms with E-state index in [-0.39, 0.29) is 33.6 Å². The second-order valence-corrected chi connectivity index (χ2v) is 10.3. The van der Waals surface area contributed by atoms with Gasteiger partial charge in [-0.3, -0.25) is 4.79 Å². The van der Waals surface area contributed by atoms with E-state index >= 15 is 0 Å². The molecule has 0 unspecified atom stereocenters. The molecule has 0 radical (unpaired) electrons. The Hall–Kier alpha value is -4.47. The SMILES string of the molecule is N#Cc1cc(S(=O)(=O)NC(=O)c2ccccc2Oc2cnc3[nH]ccc3c2)cnc1OCC1CCOCC1. The summed E-state index contributed by atoms with van der Waals surface area (Å²) >= 11 is 0. The Bertz CT molecular complexity index is 1620. The monoisotopic (exact) mass is 533 g/mol. The molecule has 12 heteroatoms. The van der Waals surface area contributed by atoms with Crippen molar-refractivity contribution < 1.29 is 27.4 Å². The summed E-state index contributed by atoms with van der Waals surface area (Å²) in [7, 11) is -4.36. The number of nitriles is 1. The Morgan fingerprint density at radius 3 is 2.79 bits per heavy atom. The molecule has 5 rings (SSSR count). The Kier molecular flexibility index (Phi) is 7.21. The van der Waals surface area contributed by atoms with Crippen LogP contribution in [0.5, 0.6) is 17.4 Å². The quantitative estimate of drug-likeness (QED) is 0.346. The van der Waals surface area contributed by atoms with Crippen molar-refractivity contribution >= 4 is 27.0 Å². The number of hydrogen-bond donors (Lipinski definition) is 2. The van der Waals surface area contributed by atoms with Crippen molar-refractivity contribution in [2.75, 3.05) is 19.8 Å². The number of aromatic amines is 1. The van der Waals surface area contributed by atoms with Crippen LogP contribution in [0.4, 0.5) is 0 Å². The van der Waals surface area contributed by atoms with Gasteiger partial charge in [-0.1, -0.05) is 12.1 Å². The first-order chi connectivity index (χ1) is 18.4. The lowest BCUT2D eigenvalue weighted by molar-refractivity contribution is 0.0490. The number of pyridine rings is 2. The Morgan fingerprint density at radius 2 is 1.97 bits per heavy atom. The molecular formula is C26H23N5O6S. The lowest BCUT2D eigenvalue weighted by atomic mass is 10.0. The second kappa shape index (κ2) is 10.9. The van der Waals surface area contributed by atoms with Gasteiger partial charge in [-0.25, -0.2) is 23.1 Å². The minimum atomic E-state index is -4.36. The van der Waals surface area contributed by atoms with Crippen molar-refractivity contribution in [2.24, 2.45) is 5.92 Å². The fourth-order valence-electron chi connectivity index (χ4n) is 3.97. The van der Waals surface area contributed by atoms with Crippen LogP contribution in [0.1, 0.15) is 28.8 Å². The predicted octanol–water partition coefficient (Wildman–Crippen LogP) is 3.55. The third-order valence-electron chi connectivity index (χ3n) is 6.02. The lowest BCUT2D eigenvalue weighted by Crippen LogP contribution is -2.31. The van der Waals surface area contributed by atoms with Gasteiger partial charge < -0.3 is 19.2 Å². The van der Waals surface area contributed by atoms with E-state index in [1.54, 1.807) is 30.5 Å². The molecule has 1 aliphatic rings. The molecule has 0 atom stereocenters. The van der Waals surface area contributed by atoms with Gasteiger partial charge in [0.05, 0.1) is 24.6 Å². The topological polar surface area (TPSA) is 156 Å². The third-order valence-corrected chi connectivity index (χ3v) is 7.31. The zero-order chi connectivity index (χ0) is 26.5. The summed E-state index contributed by atoms with van der Waals surface area (Å²) in [4.78, 5) is 23.9. The number of carbonyl (C=O) groups is 1. The maximum absolute atomic E-state index is 13.0. The molecule has 1 fully saturated rings. The number of benzene rings is 1. The number of rotatable bonds is 8. The number of hydrogen-bond acceptors (Lipinski definition) is 9. The molecule has 2 N–H and O–H groups in total. The van der Waals surface area contributed by atoms with Crippen LogP contribution in [0.15, 0.2) is 66.0 Å². The summed E-state index contributed by atoms with van der Waals surface area (Å²) in [6.45, 7) is 1.64. The summed E-state index contributed by atoms with van der Waals surface area (Å²) in [5.74, 6) is -0.0857. The van der Waals surface area contributed by atoms with E-state index in [1.165, 1.54) is 12.3 Å². The first kappa shape index (κ1) is 25.2. The van der Waals surface area contributed by atoms with Gasteiger partial charge in [0.1, 0.15) is 33.7 Å². The summed E-state index contributed by atoms with van der Waals surface area (Å²) in [6.07, 6.45) is 5.96. The maximum Gasteiger partial charge on any atom is 0.268 e. The van der Waals surface area contributed by atoms with Crippen molar-refractivity contribution in [3.63, 3.8) is 0 Å². The molecular weight excluding hydrogens is 510 g/mol. The van der Waals surface area contributed by atoms with E-state index in [4.69, 9.17) is 14.2 Å². The summed E-state index contributed by atoms with van der Waals surface area (Å²) in [5, 5.41) is 10.4. The van der Waals surface area contributed by atoms with Crippen LogP contribution in [0.2, 0.25) is 0 Å². The molecule has 0 saturated carbocycles. The number of carbonyl (C=O) groups excluding carboxylic acids is 1. The van der Waals surface area contributed by atoms with Crippen molar-refractivity contribution in [1.82, 2.24) is 19.7 Å². The minimum Gasteiger partial charge on any atom is -0.476 e. The van der Waals surface area contributed by atoms with Gasteiger partial charge in [-0.2, -0.15) is 5.26 Å². The number of nitrogens with zero attached hydrogens (tertiary/aromatic N) is 3. The molecule has 3 aromatic heterocycles. The van der Waals surface area contributed by atoms with Gasteiger partial charge in [0, 0.05) is 24.8 Å². The van der Waals surface area contributed by atoms with Gasteiger partial charge in [-0.05, 0) is 49.1 Å². The Balaban J connectivity index is 1.31. The number of fused-ring (bicyclic) bond motifs is 1. The van der Waals surface area contributed by atoms with Crippen LogP contribution in [0, 0.1) is 17.2 Å². The lowest BCUT2D eigenvalue weighted by Gasteiger charge is -2.22. The number of nitrogens with one attached hydrogen (secondary N) is 2. The molecule has 0 spiro atoms. The first-order valence-electron chi connectivity index (χ1n) is 11.8. The smallest absolute Gasteiger partial charge is 0.268 e. The van der Waals surface area contributed by atoms with Gasteiger partial charge in [0.25, 0.3) is 15.9 Å². The van der Waals surface area contributed by atoms with E-state index < -0.39 is 15.9 Å². The molecule has 4 heterocycles. The Morgan fingerprint density at radius 1 is 1.16 bits per heavy atom. The fraction of sp³-hybridized carbons (Fsp3) is 0.231. The molecule has 38 heavy (non-hydrogen) atoms. The predicted molar refractivity (Wildman–Crippen MR) is 135 cm³/mol. The van der Waals surface area contributed by atoms with E-state index in [0.29, 0.717) is 31.2 Å². The third kappa shape index (κ3) is 5.59. The summed E-state index contributed by atoms with van der Waals surface area (Å²) < 4.78 is 44.9. The molecule has 4 aromatic rings. The fourth-order valence-corrected chi connectivity index (χ4v) is 4.90. The molecule has 0 aliphatic carbocycles. The van der Waals surface area contributed by atoms with Gasteiger partial charge in [0.15, 0.2) is 0 Å². The van der Waals surface area contributed by atoms with Gasteiger partial charge in [0.2, 0.25) is 5.88 Å². The summed E-state index contributed by atoms with van der Waals surface area (Å²) in [6, 6.07) is 12.8. The summed E-state index contributed by atoms with van der Waals surface area (Å²) in [5.41, 5.74) is 0.624. The molecule has 1 saturated heterocycles. The van der Waals surface area contributed by atoms with Gasteiger partial charge >= 0.3 is 0 Å². The average molecular weight is 534 g/mol. The normalized spacial score (nSPS) is 14.1. The number of sulfonamides is 1. The number of ether oxygens (including phenoxy) is 3. The highest BCUT2D eigenvalue weighted by molar-refractivity contribution is 7.90. The zero-order valence-corrected chi connectivity index (χ0v) is 20.9. The average Bonchev–Trinajstić information content (AvgIpc) is 3.40. The first-order valence-corrected chi connectivity index (χ1v) is 13.3. The highest BCUT2D eigenvalue weighted by Gasteiger charge is 2.24. The maximum atomic E-state index is 13.0. The van der Waals surface area contributed by atoms with Crippen LogP contribution < -0.4 is 14.2 Å². The van der Waals surface area contributed by atoms with E-state index in [9.17, 15) is 18.5 Å². The zero-order valence-electron chi connectivity index (χ0n) is 20.1.